The average molecular weight is 236 g/mol. The van der Waals surface area contributed by atoms with E-state index >= 15 is 0 Å². The van der Waals surface area contributed by atoms with Gasteiger partial charge in [-0.15, -0.1) is 0 Å². The van der Waals surface area contributed by atoms with Gasteiger partial charge in [0, 0.05) is 0 Å². The van der Waals surface area contributed by atoms with E-state index in [2.05, 4.69) is 59.7 Å². The zero-order valence-corrected chi connectivity index (χ0v) is 13.2. The first-order chi connectivity index (χ1) is 8.06. The number of rotatable bonds is 2. The maximum Gasteiger partial charge on any atom is -0.0216 e. The zero-order valence-electron chi connectivity index (χ0n) is 13.2. The summed E-state index contributed by atoms with van der Waals surface area (Å²) in [5.41, 5.74) is 4.38. The molecule has 1 aromatic rings. The smallest absolute Gasteiger partial charge is 0.0216 e. The Bertz CT molecular complexity index is 271. The molecule has 0 aromatic heterocycles. The number of aryl methyl sites for hydroxylation is 2. The molecule has 0 bridgehead atoms. The molecule has 0 aliphatic carbocycles. The molecule has 100 valence electrons. The number of benzene rings is 1. The van der Waals surface area contributed by atoms with Gasteiger partial charge >= 0.3 is 0 Å². The van der Waals surface area contributed by atoms with Crippen molar-refractivity contribution in [3.63, 3.8) is 0 Å². The van der Waals surface area contributed by atoms with Gasteiger partial charge in [-0.1, -0.05) is 78.6 Å². The van der Waals surface area contributed by atoms with Crippen LogP contribution in [0, 0.1) is 6.92 Å². The van der Waals surface area contributed by atoms with Crippen LogP contribution in [0.5, 0.6) is 0 Å². The van der Waals surface area contributed by atoms with Gasteiger partial charge < -0.3 is 0 Å². The van der Waals surface area contributed by atoms with Gasteiger partial charge in [0.1, 0.15) is 0 Å². The minimum absolute atomic E-state index is 0.653. The predicted octanol–water partition coefficient (Wildman–Crippen LogP) is 6.12. The molecule has 17 heavy (non-hydrogen) atoms. The van der Waals surface area contributed by atoms with Crippen LogP contribution in [0.2, 0.25) is 0 Å². The fraction of sp³-hybridized carbons (Fsp3) is 0.647. The predicted molar refractivity (Wildman–Crippen MR) is 82.0 cm³/mol. The molecule has 0 spiro atoms. The lowest BCUT2D eigenvalue weighted by atomic mass is 9.94. The second-order valence-corrected chi connectivity index (χ2v) is 4.42. The van der Waals surface area contributed by atoms with E-state index in [-0.39, 0.29) is 0 Å². The molecule has 0 saturated heterocycles. The number of hydrogen-bond donors (Lipinski definition) is 0. The average Bonchev–Trinajstić information content (AvgIpc) is 2.32. The Kier molecular flexibility index (Phi) is 12.8. The molecule has 0 fully saturated rings. The van der Waals surface area contributed by atoms with Crippen LogP contribution in [0.4, 0.5) is 0 Å². The van der Waals surface area contributed by atoms with Crippen molar-refractivity contribution in [1.29, 1.82) is 0 Å². The second-order valence-electron chi connectivity index (χ2n) is 4.42. The summed E-state index contributed by atoms with van der Waals surface area (Å²) in [6.45, 7) is 17.1. The van der Waals surface area contributed by atoms with Crippen molar-refractivity contribution < 1.29 is 0 Å². The Hall–Kier alpha value is -0.780. The lowest BCUT2D eigenvalue weighted by molar-refractivity contribution is 0.842. The van der Waals surface area contributed by atoms with E-state index < -0.39 is 0 Å². The van der Waals surface area contributed by atoms with Gasteiger partial charge in [-0.25, -0.2) is 0 Å². The first-order valence-electron chi connectivity index (χ1n) is 7.16. The van der Waals surface area contributed by atoms with Crippen LogP contribution in [0.15, 0.2) is 18.2 Å². The monoisotopic (exact) mass is 236 g/mol. The molecule has 0 heteroatoms. The van der Waals surface area contributed by atoms with Gasteiger partial charge in [0.2, 0.25) is 0 Å². The Morgan fingerprint density at radius 3 is 1.82 bits per heavy atom. The van der Waals surface area contributed by atoms with Crippen LogP contribution in [0.3, 0.4) is 0 Å². The van der Waals surface area contributed by atoms with E-state index in [1.54, 1.807) is 0 Å². The van der Waals surface area contributed by atoms with E-state index in [9.17, 15) is 0 Å². The third kappa shape index (κ3) is 8.01. The molecule has 0 saturated carbocycles. The minimum Gasteiger partial charge on any atom is -0.0683 e. The summed E-state index contributed by atoms with van der Waals surface area (Å²) in [7, 11) is 0. The highest BCUT2D eigenvalue weighted by molar-refractivity contribution is 5.33. The van der Waals surface area contributed by atoms with Crippen LogP contribution in [-0.4, -0.2) is 0 Å². The van der Waals surface area contributed by atoms with E-state index in [1.807, 2.05) is 13.8 Å². The topological polar surface area (TPSA) is 0 Å². The van der Waals surface area contributed by atoms with Crippen LogP contribution in [-0.2, 0) is 6.42 Å². The quantitative estimate of drug-likeness (QED) is 0.580. The molecule has 1 aromatic carbocycles. The van der Waals surface area contributed by atoms with Crippen molar-refractivity contribution in [2.45, 2.75) is 74.1 Å². The van der Waals surface area contributed by atoms with E-state index in [1.165, 1.54) is 23.1 Å². The summed E-state index contributed by atoms with van der Waals surface area (Å²) in [5, 5.41) is 0. The fourth-order valence-corrected chi connectivity index (χ4v) is 1.57. The van der Waals surface area contributed by atoms with Crippen LogP contribution in [0.25, 0.3) is 0 Å². The summed E-state index contributed by atoms with van der Waals surface area (Å²) in [5.74, 6) is 0.653. The van der Waals surface area contributed by atoms with Gasteiger partial charge in [-0.2, -0.15) is 0 Å². The minimum atomic E-state index is 0.653. The van der Waals surface area contributed by atoms with Gasteiger partial charge in [0.15, 0.2) is 0 Å². The standard InChI is InChI=1S/C12H18.C3H8.C2H6/c1-5-11-7-6-10(4)8-12(11)9(2)3;1-3-2;1-2/h6-9H,5H2,1-4H3;3H2,1-2H3;1-2H3. The molecular weight excluding hydrogens is 204 g/mol. The molecule has 0 N–H and O–H groups in total. The van der Waals surface area contributed by atoms with Crippen molar-refractivity contribution in [1.82, 2.24) is 0 Å². The summed E-state index contributed by atoms with van der Waals surface area (Å²) in [6.07, 6.45) is 2.40. The van der Waals surface area contributed by atoms with Crippen molar-refractivity contribution in [3.8, 4) is 0 Å². The highest BCUT2D eigenvalue weighted by Gasteiger charge is 2.04. The molecular formula is C17H32. The Labute approximate surface area is 109 Å². The van der Waals surface area contributed by atoms with Crippen molar-refractivity contribution in [3.05, 3.63) is 34.9 Å². The SMILES string of the molecule is CC.CCC.CCc1ccc(C)cc1C(C)C. The molecule has 0 radical (unpaired) electrons. The maximum atomic E-state index is 2.31. The van der Waals surface area contributed by atoms with Gasteiger partial charge in [-0.05, 0) is 30.4 Å². The van der Waals surface area contributed by atoms with Crippen molar-refractivity contribution in [2.75, 3.05) is 0 Å². The molecule has 0 aliphatic heterocycles. The van der Waals surface area contributed by atoms with Gasteiger partial charge in [0.25, 0.3) is 0 Å². The van der Waals surface area contributed by atoms with Crippen LogP contribution >= 0.6 is 0 Å². The Balaban J connectivity index is 0. The summed E-state index contributed by atoms with van der Waals surface area (Å²) in [6, 6.07) is 6.76. The van der Waals surface area contributed by atoms with Crippen molar-refractivity contribution in [2.24, 2.45) is 0 Å². The Morgan fingerprint density at radius 2 is 1.47 bits per heavy atom. The first kappa shape index (κ1) is 18.6. The lowest BCUT2D eigenvalue weighted by Crippen LogP contribution is -1.95. The number of hydrogen-bond acceptors (Lipinski definition) is 0. The molecule has 0 unspecified atom stereocenters. The lowest BCUT2D eigenvalue weighted by Gasteiger charge is -2.11. The molecule has 0 atom stereocenters. The summed E-state index contributed by atoms with van der Waals surface area (Å²) >= 11 is 0. The largest absolute Gasteiger partial charge is 0.0683 e. The summed E-state index contributed by atoms with van der Waals surface area (Å²) < 4.78 is 0. The fourth-order valence-electron chi connectivity index (χ4n) is 1.57. The van der Waals surface area contributed by atoms with E-state index in [0.29, 0.717) is 5.92 Å². The Morgan fingerprint density at radius 1 is 1.00 bits per heavy atom. The highest BCUT2D eigenvalue weighted by Crippen LogP contribution is 2.21. The second kappa shape index (κ2) is 11.7. The van der Waals surface area contributed by atoms with Crippen LogP contribution < -0.4 is 0 Å². The molecule has 0 amide bonds. The normalized spacial score (nSPS) is 9.00. The molecule has 0 heterocycles. The van der Waals surface area contributed by atoms with Crippen LogP contribution in [0.1, 0.15) is 77.5 Å². The van der Waals surface area contributed by atoms with Gasteiger partial charge in [0.05, 0.1) is 0 Å². The van der Waals surface area contributed by atoms with E-state index in [0.717, 1.165) is 6.42 Å². The summed E-state index contributed by atoms with van der Waals surface area (Å²) in [4.78, 5) is 0. The molecule has 0 nitrogen and oxygen atoms in total. The first-order valence-corrected chi connectivity index (χ1v) is 7.16. The maximum absolute atomic E-state index is 2.31. The third-order valence-electron chi connectivity index (χ3n) is 2.30. The molecule has 0 aliphatic rings. The van der Waals surface area contributed by atoms with Gasteiger partial charge in [-0.3, -0.25) is 0 Å². The van der Waals surface area contributed by atoms with Crippen molar-refractivity contribution >= 4 is 0 Å². The zero-order chi connectivity index (χ0) is 13.8. The van der Waals surface area contributed by atoms with E-state index in [4.69, 9.17) is 0 Å². The third-order valence-corrected chi connectivity index (χ3v) is 2.30. The molecule has 1 rings (SSSR count). The highest BCUT2D eigenvalue weighted by atomic mass is 14.1.